The summed E-state index contributed by atoms with van der Waals surface area (Å²) in [6, 6.07) is 15.2. The van der Waals surface area contributed by atoms with Gasteiger partial charge in [-0.2, -0.15) is 8.78 Å². The van der Waals surface area contributed by atoms with Crippen molar-refractivity contribution in [2.75, 3.05) is 7.11 Å². The molecule has 0 saturated heterocycles. The van der Waals surface area contributed by atoms with E-state index in [0.29, 0.717) is 16.9 Å². The lowest BCUT2D eigenvalue weighted by Gasteiger charge is -2.36. The molecule has 2 N–H and O–H groups in total. The van der Waals surface area contributed by atoms with Gasteiger partial charge in [-0.25, -0.2) is 0 Å². The Morgan fingerprint density at radius 3 is 2.16 bits per heavy atom. The molecule has 0 radical (unpaired) electrons. The molecule has 4 nitrogen and oxygen atoms in total. The van der Waals surface area contributed by atoms with Crippen LogP contribution in [0.3, 0.4) is 0 Å². The number of rotatable bonds is 11. The highest BCUT2D eigenvalue weighted by Gasteiger charge is 2.44. The Balaban J connectivity index is 2.49. The molecule has 1 amide bonds. The van der Waals surface area contributed by atoms with Crippen LogP contribution < -0.4 is 10.5 Å². The van der Waals surface area contributed by atoms with Crippen LogP contribution in [0.5, 0.6) is 5.75 Å². The van der Waals surface area contributed by atoms with E-state index in [1.165, 1.54) is 19.3 Å². The van der Waals surface area contributed by atoms with Gasteiger partial charge in [0.05, 0.1) is 7.11 Å². The molecule has 0 aliphatic heterocycles. The van der Waals surface area contributed by atoms with Gasteiger partial charge >= 0.3 is 0 Å². The average molecular weight is 448 g/mol. The van der Waals surface area contributed by atoms with Crippen molar-refractivity contribution in [2.24, 2.45) is 5.73 Å². The van der Waals surface area contributed by atoms with Crippen LogP contribution in [0.4, 0.5) is 8.78 Å². The van der Waals surface area contributed by atoms with E-state index in [-0.39, 0.29) is 5.56 Å². The number of carbonyl (C=O) groups is 1. The Morgan fingerprint density at radius 1 is 1.06 bits per heavy atom. The molecule has 168 valence electrons. The number of nitrogens with two attached hydrogens (primary N) is 1. The third kappa shape index (κ3) is 6.01. The van der Waals surface area contributed by atoms with Crippen molar-refractivity contribution in [3.8, 4) is 5.75 Å². The van der Waals surface area contributed by atoms with E-state index in [0.717, 1.165) is 24.2 Å². The number of primary amides is 1. The number of alkyl halides is 2. The third-order valence-electron chi connectivity index (χ3n) is 5.78. The Hall–Kier alpha value is -2.51. The zero-order valence-corrected chi connectivity index (χ0v) is 19.5. The van der Waals surface area contributed by atoms with Crippen LogP contribution in [0.15, 0.2) is 54.6 Å². The minimum atomic E-state index is -3.31. The van der Waals surface area contributed by atoms with Crippen molar-refractivity contribution >= 4 is 20.3 Å². The van der Waals surface area contributed by atoms with Gasteiger partial charge in [-0.1, -0.05) is 57.2 Å². The quantitative estimate of drug-likeness (QED) is 0.417. The number of hydrogen-bond acceptors (Lipinski definition) is 3. The summed E-state index contributed by atoms with van der Waals surface area (Å²) in [6.07, 6.45) is 0.610. The molecule has 7 heteroatoms. The van der Waals surface area contributed by atoms with Gasteiger partial charge in [-0.15, -0.1) is 0 Å². The maximum atomic E-state index is 15.6. The second kappa shape index (κ2) is 10.7. The zero-order valence-electron chi connectivity index (χ0n) is 18.5. The summed E-state index contributed by atoms with van der Waals surface area (Å²) in [7, 11) is -0.824. The molecular formula is C24H31F2NO3Si. The normalized spacial score (nSPS) is 13.4. The van der Waals surface area contributed by atoms with E-state index in [1.807, 2.05) is 20.8 Å². The number of methoxy groups -OCH3 is 1. The smallest absolute Gasteiger partial charge is 0.295 e. The van der Waals surface area contributed by atoms with E-state index in [1.54, 1.807) is 42.5 Å². The number of amides is 1. The fraction of sp³-hybridized carbons (Fsp3) is 0.375. The van der Waals surface area contributed by atoms with Gasteiger partial charge in [0.2, 0.25) is 5.91 Å². The van der Waals surface area contributed by atoms with Gasteiger partial charge in [-0.05, 0) is 53.5 Å². The predicted octanol–water partition coefficient (Wildman–Crippen LogP) is 6.21. The van der Waals surface area contributed by atoms with E-state index in [4.69, 9.17) is 14.9 Å². The molecule has 0 aliphatic rings. The minimum Gasteiger partial charge on any atom is -0.497 e. The molecule has 1 unspecified atom stereocenters. The van der Waals surface area contributed by atoms with Crippen LogP contribution in [0.25, 0.3) is 6.08 Å². The van der Waals surface area contributed by atoms with Gasteiger partial charge < -0.3 is 14.9 Å². The number of carbonyl (C=O) groups excluding carboxylic acids is 1. The van der Waals surface area contributed by atoms with Crippen molar-refractivity contribution in [2.45, 2.75) is 50.9 Å². The Kier molecular flexibility index (Phi) is 8.53. The Bertz CT molecular complexity index is 888. The molecule has 0 spiro atoms. The molecule has 2 rings (SSSR count). The highest BCUT2D eigenvalue weighted by Crippen LogP contribution is 2.41. The molecule has 0 bridgehead atoms. The topological polar surface area (TPSA) is 61.6 Å². The fourth-order valence-corrected chi connectivity index (χ4v) is 6.35. The van der Waals surface area contributed by atoms with E-state index >= 15 is 8.78 Å². The molecular weight excluding hydrogens is 416 g/mol. The van der Waals surface area contributed by atoms with E-state index in [9.17, 15) is 4.79 Å². The summed E-state index contributed by atoms with van der Waals surface area (Å²) in [5, 5.41) is 0. The molecule has 2 aromatic rings. The molecule has 2 aromatic carbocycles. The lowest BCUT2D eigenvalue weighted by molar-refractivity contribution is -0.0627. The van der Waals surface area contributed by atoms with E-state index < -0.39 is 26.3 Å². The first-order chi connectivity index (χ1) is 14.7. The Morgan fingerprint density at radius 2 is 1.65 bits per heavy atom. The average Bonchev–Trinajstić information content (AvgIpc) is 2.79. The fourth-order valence-electron chi connectivity index (χ4n) is 3.55. The first-order valence-electron chi connectivity index (χ1n) is 10.5. The SMILES string of the molecule is CC[Si](CC)(CC)OC(c1ccc(OC)cc1)C(F)(F)C=Cc1ccccc1C(N)=O. The van der Waals surface area contributed by atoms with Crippen molar-refractivity contribution in [3.63, 3.8) is 0 Å². The van der Waals surface area contributed by atoms with Gasteiger partial charge in [-0.3, -0.25) is 4.79 Å². The van der Waals surface area contributed by atoms with Gasteiger partial charge in [0.25, 0.3) is 5.92 Å². The van der Waals surface area contributed by atoms with Crippen molar-refractivity contribution in [3.05, 3.63) is 71.3 Å². The van der Waals surface area contributed by atoms with Crippen LogP contribution in [-0.2, 0) is 4.43 Å². The minimum absolute atomic E-state index is 0.191. The standard InChI is InChI=1S/C24H31F2NO3Si/c1-5-31(6-2,7-3)30-22(19-12-14-20(29-4)15-13-19)24(25,26)17-16-18-10-8-9-11-21(18)23(27)28/h8-17,22H,5-7H2,1-4H3,(H2,27,28). The van der Waals surface area contributed by atoms with Crippen LogP contribution in [0.2, 0.25) is 18.1 Å². The van der Waals surface area contributed by atoms with Crippen LogP contribution >= 0.6 is 0 Å². The summed E-state index contributed by atoms with van der Waals surface area (Å²) in [5.41, 5.74) is 6.29. The first-order valence-corrected chi connectivity index (χ1v) is 13.0. The largest absolute Gasteiger partial charge is 0.497 e. The zero-order chi connectivity index (χ0) is 23.1. The number of hydrogen-bond donors (Lipinski definition) is 1. The molecule has 0 aromatic heterocycles. The molecule has 0 fully saturated rings. The van der Waals surface area contributed by atoms with Gasteiger partial charge in [0.1, 0.15) is 11.9 Å². The van der Waals surface area contributed by atoms with E-state index in [2.05, 4.69) is 0 Å². The summed E-state index contributed by atoms with van der Waals surface area (Å²) in [5.74, 6) is -3.39. The first kappa shape index (κ1) is 24.8. The van der Waals surface area contributed by atoms with Crippen LogP contribution in [0, 0.1) is 0 Å². The van der Waals surface area contributed by atoms with Crippen molar-refractivity contribution in [1.29, 1.82) is 0 Å². The highest BCUT2D eigenvalue weighted by atomic mass is 28.4. The van der Waals surface area contributed by atoms with Gasteiger partial charge in [0.15, 0.2) is 8.32 Å². The Labute approximate surface area is 184 Å². The summed E-state index contributed by atoms with van der Waals surface area (Å²) in [4.78, 5) is 11.6. The number of ether oxygens (including phenoxy) is 1. The summed E-state index contributed by atoms with van der Waals surface area (Å²) < 4.78 is 42.6. The van der Waals surface area contributed by atoms with Crippen molar-refractivity contribution in [1.82, 2.24) is 0 Å². The second-order valence-corrected chi connectivity index (χ2v) is 12.2. The lowest BCUT2D eigenvalue weighted by Crippen LogP contribution is -2.41. The monoisotopic (exact) mass is 447 g/mol. The van der Waals surface area contributed by atoms with Crippen LogP contribution in [-0.4, -0.2) is 27.3 Å². The lowest BCUT2D eigenvalue weighted by atomic mass is 10.0. The second-order valence-electron chi connectivity index (χ2n) is 7.47. The number of halogens is 2. The summed E-state index contributed by atoms with van der Waals surface area (Å²) >= 11 is 0. The molecule has 31 heavy (non-hydrogen) atoms. The van der Waals surface area contributed by atoms with Crippen LogP contribution in [0.1, 0.15) is 48.4 Å². The number of benzene rings is 2. The predicted molar refractivity (Wildman–Crippen MR) is 123 cm³/mol. The molecule has 1 atom stereocenters. The molecule has 0 saturated carbocycles. The third-order valence-corrected chi connectivity index (χ3v) is 10.4. The maximum Gasteiger partial charge on any atom is 0.295 e. The highest BCUT2D eigenvalue weighted by molar-refractivity contribution is 6.73. The molecule has 0 heterocycles. The molecule has 0 aliphatic carbocycles. The maximum absolute atomic E-state index is 15.6. The van der Waals surface area contributed by atoms with Crippen molar-refractivity contribution < 1.29 is 22.7 Å². The summed E-state index contributed by atoms with van der Waals surface area (Å²) in [6.45, 7) is 6.00. The van der Waals surface area contributed by atoms with Gasteiger partial charge in [0, 0.05) is 5.56 Å².